The van der Waals surface area contributed by atoms with Crippen molar-refractivity contribution in [2.45, 2.75) is 46.6 Å². The quantitative estimate of drug-likeness (QED) is 0.350. The van der Waals surface area contributed by atoms with E-state index in [1.807, 2.05) is 43.3 Å². The third-order valence-electron chi connectivity index (χ3n) is 5.30. The number of hydrogen-bond donors (Lipinski definition) is 1. The second-order valence-electron chi connectivity index (χ2n) is 7.70. The molecular weight excluding hydrogens is 372 g/mol. The summed E-state index contributed by atoms with van der Waals surface area (Å²) in [4.78, 5) is 12.3. The van der Waals surface area contributed by atoms with E-state index in [0.29, 0.717) is 6.54 Å². The number of aromatic nitrogens is 1. The lowest BCUT2D eigenvalue weighted by Crippen LogP contribution is -2.25. The molecule has 1 amide bonds. The summed E-state index contributed by atoms with van der Waals surface area (Å²) in [7, 11) is 0. The van der Waals surface area contributed by atoms with Crippen molar-refractivity contribution in [3.8, 4) is 5.75 Å². The molecule has 4 heteroatoms. The number of unbranched alkanes of at least 4 members (excludes halogenated alkanes) is 2. The van der Waals surface area contributed by atoms with Crippen LogP contribution < -0.4 is 10.1 Å². The van der Waals surface area contributed by atoms with Crippen LogP contribution in [-0.2, 0) is 11.3 Å². The van der Waals surface area contributed by atoms with E-state index in [4.69, 9.17) is 4.74 Å². The summed E-state index contributed by atoms with van der Waals surface area (Å²) in [5.41, 5.74) is 4.48. The fourth-order valence-electron chi connectivity index (χ4n) is 3.58. The average Bonchev–Trinajstić information content (AvgIpc) is 3.06. The predicted molar refractivity (Wildman–Crippen MR) is 125 cm³/mol. The first-order chi connectivity index (χ1) is 14.6. The second kappa shape index (κ2) is 10.7. The van der Waals surface area contributed by atoms with Gasteiger partial charge in [-0.3, -0.25) is 4.79 Å². The van der Waals surface area contributed by atoms with Crippen molar-refractivity contribution in [2.75, 3.05) is 13.2 Å². The number of rotatable bonds is 10. The highest BCUT2D eigenvalue weighted by atomic mass is 16.5. The van der Waals surface area contributed by atoms with Crippen molar-refractivity contribution in [1.29, 1.82) is 0 Å². The maximum atomic E-state index is 12.3. The van der Waals surface area contributed by atoms with Crippen LogP contribution in [0.25, 0.3) is 17.0 Å². The molecule has 0 aliphatic rings. The van der Waals surface area contributed by atoms with Crippen molar-refractivity contribution >= 4 is 22.9 Å². The fraction of sp³-hybridized carbons (Fsp3) is 0.346. The van der Waals surface area contributed by atoms with Gasteiger partial charge in [0.05, 0.1) is 6.61 Å². The van der Waals surface area contributed by atoms with E-state index < -0.39 is 0 Å². The lowest BCUT2D eigenvalue weighted by molar-refractivity contribution is -0.116. The molecule has 1 heterocycles. The van der Waals surface area contributed by atoms with Crippen molar-refractivity contribution in [3.05, 3.63) is 71.4 Å². The number of nitrogens with zero attached hydrogens (tertiary/aromatic N) is 1. The molecule has 0 saturated carbocycles. The summed E-state index contributed by atoms with van der Waals surface area (Å²) in [6, 6.07) is 16.5. The number of benzene rings is 2. The predicted octanol–water partition coefficient (Wildman–Crippen LogP) is 5.66. The minimum atomic E-state index is -0.0879. The van der Waals surface area contributed by atoms with Crippen LogP contribution in [0.15, 0.2) is 54.6 Å². The molecule has 4 nitrogen and oxygen atoms in total. The van der Waals surface area contributed by atoms with Crippen LogP contribution >= 0.6 is 0 Å². The van der Waals surface area contributed by atoms with Gasteiger partial charge >= 0.3 is 0 Å². The molecule has 30 heavy (non-hydrogen) atoms. The Morgan fingerprint density at radius 3 is 2.77 bits per heavy atom. The van der Waals surface area contributed by atoms with Gasteiger partial charge in [-0.2, -0.15) is 0 Å². The molecule has 0 unspecified atom stereocenters. The van der Waals surface area contributed by atoms with Gasteiger partial charge < -0.3 is 14.6 Å². The Morgan fingerprint density at radius 2 is 1.93 bits per heavy atom. The molecule has 0 aliphatic heterocycles. The molecule has 0 atom stereocenters. The molecule has 0 aliphatic carbocycles. The van der Waals surface area contributed by atoms with Gasteiger partial charge in [-0.25, -0.2) is 0 Å². The smallest absolute Gasteiger partial charge is 0.244 e. The standard InChI is InChI=1S/C26H32N2O2/c1-4-5-8-17-30-25-19-22(12-11-20(25)2)13-14-26(29)27-15-16-28-21(3)18-23-9-6-7-10-24(23)28/h6-7,9-14,18-19H,4-5,8,15-17H2,1-3H3,(H,27,29)/b14-13+. The Morgan fingerprint density at radius 1 is 1.10 bits per heavy atom. The van der Waals surface area contributed by atoms with Crippen LogP contribution in [-0.4, -0.2) is 23.6 Å². The average molecular weight is 405 g/mol. The van der Waals surface area contributed by atoms with Gasteiger partial charge in [-0.05, 0) is 61.1 Å². The van der Waals surface area contributed by atoms with Crippen LogP contribution in [0.4, 0.5) is 0 Å². The molecular formula is C26H32N2O2. The van der Waals surface area contributed by atoms with Gasteiger partial charge in [0.1, 0.15) is 5.75 Å². The zero-order chi connectivity index (χ0) is 21.3. The Balaban J connectivity index is 1.52. The maximum Gasteiger partial charge on any atom is 0.244 e. The highest BCUT2D eigenvalue weighted by Crippen LogP contribution is 2.21. The second-order valence-corrected chi connectivity index (χ2v) is 7.70. The molecule has 0 fully saturated rings. The number of para-hydroxylation sites is 1. The summed E-state index contributed by atoms with van der Waals surface area (Å²) in [5, 5.41) is 4.21. The number of hydrogen-bond acceptors (Lipinski definition) is 2. The Hall–Kier alpha value is -3.01. The van der Waals surface area contributed by atoms with Crippen LogP contribution in [0, 0.1) is 13.8 Å². The summed E-state index contributed by atoms with van der Waals surface area (Å²) in [6.07, 6.45) is 6.85. The number of amides is 1. The number of fused-ring (bicyclic) bond motifs is 1. The van der Waals surface area contributed by atoms with Crippen molar-refractivity contribution in [1.82, 2.24) is 9.88 Å². The number of nitrogens with one attached hydrogen (secondary N) is 1. The van der Waals surface area contributed by atoms with E-state index in [9.17, 15) is 4.79 Å². The topological polar surface area (TPSA) is 43.3 Å². The van der Waals surface area contributed by atoms with Crippen LogP contribution in [0.1, 0.15) is 43.0 Å². The highest BCUT2D eigenvalue weighted by Gasteiger charge is 2.05. The van der Waals surface area contributed by atoms with Gasteiger partial charge in [-0.1, -0.05) is 50.1 Å². The lowest BCUT2D eigenvalue weighted by atomic mass is 10.1. The molecule has 0 spiro atoms. The molecule has 1 aromatic heterocycles. The third kappa shape index (κ3) is 5.76. The molecule has 158 valence electrons. The number of aryl methyl sites for hydroxylation is 2. The minimum Gasteiger partial charge on any atom is -0.493 e. The zero-order valence-corrected chi connectivity index (χ0v) is 18.3. The van der Waals surface area contributed by atoms with Crippen molar-refractivity contribution in [2.24, 2.45) is 0 Å². The van der Waals surface area contributed by atoms with Gasteiger partial charge in [0.25, 0.3) is 0 Å². The molecule has 3 aromatic rings. The highest BCUT2D eigenvalue weighted by molar-refractivity contribution is 5.91. The van der Waals surface area contributed by atoms with Gasteiger partial charge in [0, 0.05) is 30.4 Å². The Kier molecular flexibility index (Phi) is 7.72. The molecule has 0 saturated heterocycles. The first kappa shape index (κ1) is 21.7. The Bertz CT molecular complexity index is 1020. The van der Waals surface area contributed by atoms with Gasteiger partial charge in [-0.15, -0.1) is 0 Å². The number of carbonyl (C=O) groups is 1. The molecule has 3 rings (SSSR count). The number of carbonyl (C=O) groups excluding carboxylic acids is 1. The SMILES string of the molecule is CCCCCOc1cc(/C=C/C(=O)NCCn2c(C)cc3ccccc32)ccc1C. The summed E-state index contributed by atoms with van der Waals surface area (Å²) in [6.45, 7) is 8.39. The van der Waals surface area contributed by atoms with E-state index in [1.54, 1.807) is 6.08 Å². The van der Waals surface area contributed by atoms with E-state index in [2.05, 4.69) is 41.9 Å². The zero-order valence-electron chi connectivity index (χ0n) is 18.3. The monoisotopic (exact) mass is 404 g/mol. The van der Waals surface area contributed by atoms with Gasteiger partial charge in [0.2, 0.25) is 5.91 Å². The largest absolute Gasteiger partial charge is 0.493 e. The maximum absolute atomic E-state index is 12.3. The molecule has 0 bridgehead atoms. The third-order valence-corrected chi connectivity index (χ3v) is 5.30. The van der Waals surface area contributed by atoms with E-state index >= 15 is 0 Å². The fourth-order valence-corrected chi connectivity index (χ4v) is 3.58. The van der Waals surface area contributed by atoms with E-state index in [-0.39, 0.29) is 5.91 Å². The van der Waals surface area contributed by atoms with Crippen LogP contribution in [0.5, 0.6) is 5.75 Å². The summed E-state index contributed by atoms with van der Waals surface area (Å²) >= 11 is 0. The van der Waals surface area contributed by atoms with Gasteiger partial charge in [0.15, 0.2) is 0 Å². The normalized spacial score (nSPS) is 11.3. The molecule has 2 aromatic carbocycles. The first-order valence-electron chi connectivity index (χ1n) is 10.8. The van der Waals surface area contributed by atoms with Crippen molar-refractivity contribution in [3.63, 3.8) is 0 Å². The minimum absolute atomic E-state index is 0.0879. The first-order valence-corrected chi connectivity index (χ1v) is 10.8. The van der Waals surface area contributed by atoms with E-state index in [1.165, 1.54) is 29.4 Å². The Labute approximate surface area is 179 Å². The molecule has 0 radical (unpaired) electrons. The van der Waals surface area contributed by atoms with E-state index in [0.717, 1.165) is 36.4 Å². The summed E-state index contributed by atoms with van der Waals surface area (Å²) in [5.74, 6) is 0.804. The number of ether oxygens (including phenoxy) is 1. The summed E-state index contributed by atoms with van der Waals surface area (Å²) < 4.78 is 8.14. The van der Waals surface area contributed by atoms with Crippen LogP contribution in [0.2, 0.25) is 0 Å². The van der Waals surface area contributed by atoms with Crippen molar-refractivity contribution < 1.29 is 9.53 Å². The molecule has 1 N–H and O–H groups in total. The lowest BCUT2D eigenvalue weighted by Gasteiger charge is -2.10. The van der Waals surface area contributed by atoms with Crippen LogP contribution in [0.3, 0.4) is 0 Å².